The summed E-state index contributed by atoms with van der Waals surface area (Å²) >= 11 is 0. The monoisotopic (exact) mass is 417 g/mol. The van der Waals surface area contributed by atoms with Gasteiger partial charge < -0.3 is 4.57 Å². The number of halogens is 1. The largest absolute Gasteiger partial charge is 0.335 e. The number of hydrogen-bond acceptors (Lipinski definition) is 3. The number of hydrogen-bond donors (Lipinski definition) is 1. The van der Waals surface area contributed by atoms with Crippen molar-refractivity contribution in [3.05, 3.63) is 88.5 Å². The second-order valence-electron chi connectivity index (χ2n) is 7.44. The average molecular weight is 417 g/mol. The number of carbonyl (C=O) groups excluding carboxylic acids is 3. The van der Waals surface area contributed by atoms with Gasteiger partial charge in [0.05, 0.1) is 5.69 Å². The highest BCUT2D eigenvalue weighted by Gasteiger charge is 2.37. The number of imide groups is 2. The highest BCUT2D eigenvalue weighted by Crippen LogP contribution is 2.26. The molecule has 0 bridgehead atoms. The van der Waals surface area contributed by atoms with Crippen molar-refractivity contribution in [1.82, 2.24) is 9.88 Å². The summed E-state index contributed by atoms with van der Waals surface area (Å²) in [6.07, 6.45) is 1.46. The number of nitrogens with zero attached hydrogens (tertiary/aromatic N) is 2. The number of aromatic nitrogens is 1. The molecule has 4 amide bonds. The Bertz CT molecular complexity index is 1260. The summed E-state index contributed by atoms with van der Waals surface area (Å²) < 4.78 is 15.5. The second kappa shape index (κ2) is 7.68. The zero-order valence-corrected chi connectivity index (χ0v) is 17.3. The zero-order chi connectivity index (χ0) is 22.3. The normalized spacial score (nSPS) is 15.5. The van der Waals surface area contributed by atoms with Gasteiger partial charge in [0.1, 0.15) is 11.4 Å². The van der Waals surface area contributed by atoms with Gasteiger partial charge in [-0.15, -0.1) is 0 Å². The van der Waals surface area contributed by atoms with Crippen molar-refractivity contribution in [3.63, 3.8) is 0 Å². The minimum Gasteiger partial charge on any atom is -0.318 e. The van der Waals surface area contributed by atoms with Crippen molar-refractivity contribution in [1.29, 1.82) is 0 Å². The molecule has 0 atom stereocenters. The van der Waals surface area contributed by atoms with E-state index >= 15 is 0 Å². The molecule has 2 heterocycles. The molecule has 31 heavy (non-hydrogen) atoms. The van der Waals surface area contributed by atoms with Crippen molar-refractivity contribution in [2.75, 3.05) is 4.90 Å². The molecule has 156 valence electrons. The Morgan fingerprint density at radius 3 is 2.29 bits per heavy atom. The molecular weight excluding hydrogens is 397 g/mol. The zero-order valence-electron chi connectivity index (χ0n) is 17.3. The van der Waals surface area contributed by atoms with Crippen LogP contribution in [-0.4, -0.2) is 22.4 Å². The van der Waals surface area contributed by atoms with Crippen LogP contribution in [0, 0.1) is 26.6 Å². The Kier molecular flexibility index (Phi) is 5.02. The first-order chi connectivity index (χ1) is 14.8. The van der Waals surface area contributed by atoms with Crippen LogP contribution in [0.3, 0.4) is 0 Å². The van der Waals surface area contributed by atoms with Gasteiger partial charge in [-0.1, -0.05) is 23.8 Å². The fourth-order valence-corrected chi connectivity index (χ4v) is 3.69. The first kappa shape index (κ1) is 20.3. The highest BCUT2D eigenvalue weighted by atomic mass is 19.1. The minimum absolute atomic E-state index is 0.153. The summed E-state index contributed by atoms with van der Waals surface area (Å²) in [6, 6.07) is 14.0. The smallest absolute Gasteiger partial charge is 0.318 e. The maximum absolute atomic E-state index is 13.7. The van der Waals surface area contributed by atoms with Gasteiger partial charge in [-0.25, -0.2) is 14.1 Å². The number of carbonyl (C=O) groups is 3. The molecule has 4 rings (SSSR count). The van der Waals surface area contributed by atoms with Gasteiger partial charge in [0.25, 0.3) is 11.8 Å². The van der Waals surface area contributed by atoms with Crippen LogP contribution in [0.5, 0.6) is 0 Å². The summed E-state index contributed by atoms with van der Waals surface area (Å²) in [4.78, 5) is 38.8. The van der Waals surface area contributed by atoms with Gasteiger partial charge in [-0.2, -0.15) is 0 Å². The van der Waals surface area contributed by atoms with Crippen molar-refractivity contribution in [3.8, 4) is 5.69 Å². The topological polar surface area (TPSA) is 71.4 Å². The molecule has 1 aromatic heterocycles. The van der Waals surface area contributed by atoms with E-state index in [4.69, 9.17) is 0 Å². The summed E-state index contributed by atoms with van der Waals surface area (Å²) in [6.45, 7) is 5.56. The molecule has 1 saturated heterocycles. The van der Waals surface area contributed by atoms with Crippen molar-refractivity contribution < 1.29 is 18.8 Å². The highest BCUT2D eigenvalue weighted by molar-refractivity contribution is 6.39. The van der Waals surface area contributed by atoms with Gasteiger partial charge in [0.2, 0.25) is 0 Å². The van der Waals surface area contributed by atoms with Crippen molar-refractivity contribution >= 4 is 29.6 Å². The van der Waals surface area contributed by atoms with Gasteiger partial charge in [-0.05, 0) is 68.8 Å². The number of aryl methyl sites for hydroxylation is 2. The van der Waals surface area contributed by atoms with Crippen LogP contribution in [0.4, 0.5) is 14.9 Å². The van der Waals surface area contributed by atoms with E-state index in [0.717, 1.165) is 21.9 Å². The Morgan fingerprint density at radius 1 is 0.903 bits per heavy atom. The van der Waals surface area contributed by atoms with E-state index < -0.39 is 17.8 Å². The molecule has 0 radical (unpaired) electrons. The van der Waals surface area contributed by atoms with Crippen LogP contribution in [0.1, 0.15) is 22.5 Å². The first-order valence-corrected chi connectivity index (χ1v) is 9.69. The molecule has 0 spiro atoms. The number of barbiturate groups is 1. The van der Waals surface area contributed by atoms with Gasteiger partial charge in [-0.3, -0.25) is 14.9 Å². The standard InChI is InChI=1S/C24H20FN3O3/c1-14-7-9-19(10-8-14)28-23(30)21(22(29)26-24(28)31)12-17-11-15(2)27(16(17)3)20-6-4-5-18(25)13-20/h4-13H,1-3H3,(H,26,29,31)/b21-12+. The predicted octanol–water partition coefficient (Wildman–Crippen LogP) is 4.21. The molecule has 2 aromatic carbocycles. The molecular formula is C24H20FN3O3. The van der Waals surface area contributed by atoms with Crippen molar-refractivity contribution in [2.24, 2.45) is 0 Å². The lowest BCUT2D eigenvalue weighted by molar-refractivity contribution is -0.122. The molecule has 6 nitrogen and oxygen atoms in total. The Hall–Kier alpha value is -4.00. The summed E-state index contributed by atoms with van der Waals surface area (Å²) in [5, 5.41) is 2.23. The van der Waals surface area contributed by atoms with E-state index in [1.54, 1.807) is 42.5 Å². The van der Waals surface area contributed by atoms with E-state index in [2.05, 4.69) is 5.32 Å². The maximum Gasteiger partial charge on any atom is 0.335 e. The summed E-state index contributed by atoms with van der Waals surface area (Å²) in [7, 11) is 0. The fraction of sp³-hybridized carbons (Fsp3) is 0.125. The van der Waals surface area contributed by atoms with Crippen LogP contribution in [0.2, 0.25) is 0 Å². The van der Waals surface area contributed by atoms with Crippen LogP contribution in [0.15, 0.2) is 60.2 Å². The average Bonchev–Trinajstić information content (AvgIpc) is 2.99. The third kappa shape index (κ3) is 3.66. The lowest BCUT2D eigenvalue weighted by Gasteiger charge is -2.26. The Labute approximate surface area is 178 Å². The van der Waals surface area contributed by atoms with Gasteiger partial charge in [0, 0.05) is 17.1 Å². The van der Waals surface area contributed by atoms with E-state index in [1.807, 2.05) is 25.3 Å². The molecule has 1 aliphatic rings. The maximum atomic E-state index is 13.7. The molecule has 1 N–H and O–H groups in total. The minimum atomic E-state index is -0.791. The number of benzene rings is 2. The number of anilines is 1. The molecule has 0 unspecified atom stereocenters. The van der Waals surface area contributed by atoms with E-state index in [9.17, 15) is 18.8 Å². The lowest BCUT2D eigenvalue weighted by atomic mass is 10.1. The Balaban J connectivity index is 1.76. The van der Waals surface area contributed by atoms with Gasteiger partial charge >= 0.3 is 6.03 Å². The van der Waals surface area contributed by atoms with E-state index in [-0.39, 0.29) is 11.4 Å². The van der Waals surface area contributed by atoms with Crippen LogP contribution >= 0.6 is 0 Å². The lowest BCUT2D eigenvalue weighted by Crippen LogP contribution is -2.54. The van der Waals surface area contributed by atoms with Crippen LogP contribution in [0.25, 0.3) is 11.8 Å². The fourth-order valence-electron chi connectivity index (χ4n) is 3.69. The quantitative estimate of drug-likeness (QED) is 0.513. The third-order valence-corrected chi connectivity index (χ3v) is 5.23. The predicted molar refractivity (Wildman–Crippen MR) is 115 cm³/mol. The number of urea groups is 1. The number of amides is 4. The summed E-state index contributed by atoms with van der Waals surface area (Å²) in [5.41, 5.74) is 4.00. The molecule has 0 aliphatic carbocycles. The number of nitrogens with one attached hydrogen (secondary N) is 1. The Morgan fingerprint density at radius 2 is 1.61 bits per heavy atom. The van der Waals surface area contributed by atoms with Gasteiger partial charge in [0.15, 0.2) is 0 Å². The van der Waals surface area contributed by atoms with Crippen LogP contribution in [-0.2, 0) is 9.59 Å². The molecule has 7 heteroatoms. The van der Waals surface area contributed by atoms with E-state index in [0.29, 0.717) is 16.9 Å². The number of rotatable bonds is 3. The van der Waals surface area contributed by atoms with E-state index in [1.165, 1.54) is 18.2 Å². The third-order valence-electron chi connectivity index (χ3n) is 5.23. The first-order valence-electron chi connectivity index (χ1n) is 9.69. The summed E-state index contributed by atoms with van der Waals surface area (Å²) in [5.74, 6) is -1.82. The second-order valence-corrected chi connectivity index (χ2v) is 7.44. The van der Waals surface area contributed by atoms with Crippen LogP contribution < -0.4 is 10.2 Å². The SMILES string of the molecule is Cc1ccc(N2C(=O)NC(=O)/C(=C\c3cc(C)n(-c4cccc(F)c4)c3C)C2=O)cc1. The molecule has 0 saturated carbocycles. The molecule has 1 fully saturated rings. The molecule has 3 aromatic rings. The molecule has 1 aliphatic heterocycles. The van der Waals surface area contributed by atoms with Crippen molar-refractivity contribution in [2.45, 2.75) is 20.8 Å².